The van der Waals surface area contributed by atoms with Crippen LogP contribution in [0, 0.1) is 11.8 Å². The molecule has 1 aliphatic heterocycles. The Kier molecular flexibility index (Phi) is 3.92. The molecular weight excluding hydrogens is 322 g/mol. The topological polar surface area (TPSA) is 76.8 Å². The molecule has 1 saturated heterocycles. The summed E-state index contributed by atoms with van der Waals surface area (Å²) >= 11 is 0. The lowest BCUT2D eigenvalue weighted by Gasteiger charge is -2.19. The zero-order valence-electron chi connectivity index (χ0n) is 14.0. The molecule has 25 heavy (non-hydrogen) atoms. The number of ether oxygens (including phenoxy) is 1. The van der Waals surface area contributed by atoms with E-state index in [-0.39, 0.29) is 30.3 Å². The van der Waals surface area contributed by atoms with Gasteiger partial charge in [-0.3, -0.25) is 9.59 Å². The molecule has 2 unspecified atom stereocenters. The first-order valence-corrected chi connectivity index (χ1v) is 8.53. The van der Waals surface area contributed by atoms with Crippen molar-refractivity contribution in [3.63, 3.8) is 0 Å². The van der Waals surface area contributed by atoms with Gasteiger partial charge in [0.25, 0.3) is 0 Å². The highest BCUT2D eigenvalue weighted by molar-refractivity contribution is 6.22. The lowest BCUT2D eigenvalue weighted by molar-refractivity contribution is -0.122. The number of rotatable bonds is 3. The fourth-order valence-electron chi connectivity index (χ4n) is 4.05. The number of carbonyl (C=O) groups is 2. The third kappa shape index (κ3) is 2.57. The minimum Gasteiger partial charge on any atom is -0.423 e. The van der Waals surface area contributed by atoms with Gasteiger partial charge in [0.05, 0.1) is 24.1 Å². The molecule has 1 saturated carbocycles. The van der Waals surface area contributed by atoms with Crippen molar-refractivity contribution in [3.8, 4) is 0 Å². The second-order valence-corrected chi connectivity index (χ2v) is 6.71. The fraction of sp³-hybridized carbons (Fsp3) is 0.421. The van der Waals surface area contributed by atoms with Crippen LogP contribution in [0.4, 0.5) is 5.69 Å². The van der Waals surface area contributed by atoms with E-state index in [1.165, 1.54) is 11.0 Å². The van der Waals surface area contributed by atoms with Gasteiger partial charge >= 0.3 is 5.63 Å². The van der Waals surface area contributed by atoms with Crippen LogP contribution in [0.2, 0.25) is 0 Å². The van der Waals surface area contributed by atoms with Gasteiger partial charge in [-0.1, -0.05) is 12.8 Å². The molecule has 2 aliphatic rings. The number of hydrogen-bond donors (Lipinski definition) is 0. The molecule has 1 aromatic heterocycles. The van der Waals surface area contributed by atoms with E-state index in [0.717, 1.165) is 31.1 Å². The Morgan fingerprint density at radius 2 is 1.76 bits per heavy atom. The van der Waals surface area contributed by atoms with E-state index < -0.39 is 5.63 Å². The number of methoxy groups -OCH3 is 1. The number of hydrogen-bond acceptors (Lipinski definition) is 5. The van der Waals surface area contributed by atoms with Gasteiger partial charge in [0, 0.05) is 24.6 Å². The van der Waals surface area contributed by atoms with Crippen molar-refractivity contribution in [1.82, 2.24) is 0 Å². The standard InChI is InChI=1S/C19H19NO5/c1-24-10-11-8-17(21)25-16-9-12(6-7-13(11)16)20-18(22)14-4-2-3-5-15(14)19(20)23/h6-9,14-15H,2-5,10H2,1H3. The summed E-state index contributed by atoms with van der Waals surface area (Å²) in [4.78, 5) is 38.5. The predicted octanol–water partition coefficient (Wildman–Crippen LogP) is 2.62. The van der Waals surface area contributed by atoms with Crippen LogP contribution < -0.4 is 10.5 Å². The Balaban J connectivity index is 1.78. The summed E-state index contributed by atoms with van der Waals surface area (Å²) in [6, 6.07) is 6.49. The van der Waals surface area contributed by atoms with Crippen molar-refractivity contribution < 1.29 is 18.7 Å². The Morgan fingerprint density at radius 3 is 2.40 bits per heavy atom. The molecule has 0 N–H and O–H groups in total. The summed E-state index contributed by atoms with van der Waals surface area (Å²) < 4.78 is 10.4. The summed E-state index contributed by atoms with van der Waals surface area (Å²) in [5, 5.41) is 0.738. The number of imide groups is 1. The van der Waals surface area contributed by atoms with E-state index in [1.54, 1.807) is 25.3 Å². The minimum atomic E-state index is -0.482. The van der Waals surface area contributed by atoms with Crippen molar-refractivity contribution in [1.29, 1.82) is 0 Å². The lowest BCUT2D eigenvalue weighted by Crippen LogP contribution is -2.30. The Labute approximate surface area is 144 Å². The Hall–Kier alpha value is -2.47. The molecule has 6 nitrogen and oxygen atoms in total. The van der Waals surface area contributed by atoms with Crippen LogP contribution >= 0.6 is 0 Å². The maximum Gasteiger partial charge on any atom is 0.336 e. The molecule has 6 heteroatoms. The van der Waals surface area contributed by atoms with Crippen molar-refractivity contribution in [2.24, 2.45) is 11.8 Å². The van der Waals surface area contributed by atoms with Gasteiger partial charge in [-0.2, -0.15) is 0 Å². The lowest BCUT2D eigenvalue weighted by atomic mass is 9.81. The summed E-state index contributed by atoms with van der Waals surface area (Å²) in [6.45, 7) is 0.285. The third-order valence-corrected chi connectivity index (χ3v) is 5.21. The quantitative estimate of drug-likeness (QED) is 0.633. The third-order valence-electron chi connectivity index (χ3n) is 5.21. The van der Waals surface area contributed by atoms with Crippen LogP contribution in [0.1, 0.15) is 31.2 Å². The zero-order valence-corrected chi connectivity index (χ0v) is 14.0. The number of nitrogens with zero attached hydrogens (tertiary/aromatic N) is 1. The fourth-order valence-corrected chi connectivity index (χ4v) is 4.05. The molecular formula is C19H19NO5. The monoisotopic (exact) mass is 341 g/mol. The van der Waals surface area contributed by atoms with Gasteiger partial charge in [0.1, 0.15) is 5.58 Å². The highest BCUT2D eigenvalue weighted by atomic mass is 16.5. The van der Waals surface area contributed by atoms with Crippen molar-refractivity contribution in [3.05, 3.63) is 40.2 Å². The first kappa shape index (κ1) is 16.0. The van der Waals surface area contributed by atoms with Crippen molar-refractivity contribution in [2.45, 2.75) is 32.3 Å². The maximum absolute atomic E-state index is 12.7. The van der Waals surface area contributed by atoms with Gasteiger partial charge in [0.15, 0.2) is 0 Å². The number of benzene rings is 1. The van der Waals surface area contributed by atoms with E-state index in [9.17, 15) is 14.4 Å². The van der Waals surface area contributed by atoms with Crippen molar-refractivity contribution in [2.75, 3.05) is 12.0 Å². The summed E-state index contributed by atoms with van der Waals surface area (Å²) in [7, 11) is 1.55. The largest absolute Gasteiger partial charge is 0.423 e. The summed E-state index contributed by atoms with van der Waals surface area (Å²) in [6.07, 6.45) is 3.51. The van der Waals surface area contributed by atoms with Crippen LogP contribution in [0.15, 0.2) is 33.5 Å². The molecule has 2 amide bonds. The molecule has 0 bridgehead atoms. The van der Waals surface area contributed by atoms with E-state index in [0.29, 0.717) is 16.8 Å². The first-order valence-electron chi connectivity index (χ1n) is 8.53. The van der Waals surface area contributed by atoms with Gasteiger partial charge in [0.2, 0.25) is 11.8 Å². The number of amides is 2. The van der Waals surface area contributed by atoms with Crippen LogP contribution in [-0.4, -0.2) is 18.9 Å². The van der Waals surface area contributed by atoms with Gasteiger partial charge in [-0.25, -0.2) is 9.69 Å². The zero-order chi connectivity index (χ0) is 17.6. The normalized spacial score (nSPS) is 23.3. The van der Waals surface area contributed by atoms with E-state index in [2.05, 4.69) is 0 Å². The summed E-state index contributed by atoms with van der Waals surface area (Å²) in [5.41, 5.74) is 1.06. The van der Waals surface area contributed by atoms with Crippen molar-refractivity contribution >= 4 is 28.5 Å². The SMILES string of the molecule is COCc1cc(=O)oc2cc(N3C(=O)C4CCCCC4C3=O)ccc12. The van der Waals surface area contributed by atoms with Crippen LogP contribution in [-0.2, 0) is 20.9 Å². The number of fused-ring (bicyclic) bond motifs is 2. The van der Waals surface area contributed by atoms with Crippen LogP contribution in [0.5, 0.6) is 0 Å². The van der Waals surface area contributed by atoms with Gasteiger partial charge < -0.3 is 9.15 Å². The maximum atomic E-state index is 12.7. The Morgan fingerprint density at radius 1 is 1.08 bits per heavy atom. The molecule has 4 rings (SSSR count). The average Bonchev–Trinajstić information content (AvgIpc) is 2.86. The molecule has 0 radical (unpaired) electrons. The Bertz CT molecular complexity index is 892. The second kappa shape index (κ2) is 6.11. The molecule has 1 aliphatic carbocycles. The molecule has 0 spiro atoms. The first-order chi connectivity index (χ1) is 12.1. The predicted molar refractivity (Wildman–Crippen MR) is 91.1 cm³/mol. The second-order valence-electron chi connectivity index (χ2n) is 6.71. The van der Waals surface area contributed by atoms with E-state index in [1.807, 2.05) is 0 Å². The molecule has 1 aromatic carbocycles. The molecule has 2 heterocycles. The van der Waals surface area contributed by atoms with Gasteiger partial charge in [-0.15, -0.1) is 0 Å². The molecule has 2 atom stereocenters. The highest BCUT2D eigenvalue weighted by Crippen LogP contribution is 2.40. The van der Waals surface area contributed by atoms with E-state index >= 15 is 0 Å². The van der Waals surface area contributed by atoms with Crippen LogP contribution in [0.3, 0.4) is 0 Å². The minimum absolute atomic E-state index is 0.135. The van der Waals surface area contributed by atoms with Gasteiger partial charge in [-0.05, 0) is 30.5 Å². The summed E-state index contributed by atoms with van der Waals surface area (Å²) in [5.74, 6) is -0.679. The average molecular weight is 341 g/mol. The number of anilines is 1. The van der Waals surface area contributed by atoms with E-state index in [4.69, 9.17) is 9.15 Å². The molecule has 130 valence electrons. The molecule has 2 aromatic rings. The number of carbonyl (C=O) groups excluding carboxylic acids is 2. The molecule has 2 fully saturated rings. The van der Waals surface area contributed by atoms with Crippen LogP contribution in [0.25, 0.3) is 11.0 Å². The highest BCUT2D eigenvalue weighted by Gasteiger charge is 2.48. The smallest absolute Gasteiger partial charge is 0.336 e.